The van der Waals surface area contributed by atoms with E-state index in [0.29, 0.717) is 12.2 Å². The molecule has 0 amide bonds. The summed E-state index contributed by atoms with van der Waals surface area (Å²) in [6, 6.07) is 7.98. The highest BCUT2D eigenvalue weighted by atomic mass is 127. The maximum absolute atomic E-state index is 5.91. The summed E-state index contributed by atoms with van der Waals surface area (Å²) in [5, 5.41) is 7.52. The lowest BCUT2D eigenvalue weighted by molar-refractivity contribution is -0.0679. The summed E-state index contributed by atoms with van der Waals surface area (Å²) in [6.07, 6.45) is 2.71. The van der Waals surface area contributed by atoms with Crippen molar-refractivity contribution >= 4 is 41.5 Å². The molecule has 2 rings (SSSR count). The Balaban J connectivity index is 0.00000338. The molecule has 0 spiro atoms. The number of hydrogen-bond acceptors (Lipinski definition) is 3. The van der Waals surface area contributed by atoms with Crippen LogP contribution in [0.1, 0.15) is 25.8 Å². The predicted molar refractivity (Wildman–Crippen MR) is 121 cm³/mol. The fourth-order valence-corrected chi connectivity index (χ4v) is 3.30. The van der Waals surface area contributed by atoms with Gasteiger partial charge in [0, 0.05) is 44.8 Å². The molecule has 0 bridgehead atoms. The molecule has 5 nitrogen and oxygen atoms in total. The molecule has 0 aromatic heterocycles. The van der Waals surface area contributed by atoms with Gasteiger partial charge in [0.05, 0.1) is 12.2 Å². The van der Waals surface area contributed by atoms with Gasteiger partial charge in [-0.15, -0.1) is 24.0 Å². The minimum Gasteiger partial charge on any atom is -0.373 e. The highest BCUT2D eigenvalue weighted by Crippen LogP contribution is 2.11. The molecule has 1 heterocycles. The molecule has 2 atom stereocenters. The zero-order valence-electron chi connectivity index (χ0n) is 16.0. The van der Waals surface area contributed by atoms with Gasteiger partial charge >= 0.3 is 0 Å². The van der Waals surface area contributed by atoms with Crippen LogP contribution in [0, 0.1) is 0 Å². The Kier molecular flexibility index (Phi) is 11.5. The van der Waals surface area contributed by atoms with Gasteiger partial charge in [-0.3, -0.25) is 9.89 Å². The largest absolute Gasteiger partial charge is 0.373 e. The van der Waals surface area contributed by atoms with E-state index in [1.54, 1.807) is 0 Å². The van der Waals surface area contributed by atoms with Crippen LogP contribution in [0.3, 0.4) is 0 Å². The van der Waals surface area contributed by atoms with E-state index >= 15 is 0 Å². The average molecular weight is 495 g/mol. The van der Waals surface area contributed by atoms with Crippen molar-refractivity contribution in [2.45, 2.75) is 38.9 Å². The van der Waals surface area contributed by atoms with Gasteiger partial charge in [0.15, 0.2) is 5.96 Å². The third kappa shape index (κ3) is 8.88. The third-order valence-electron chi connectivity index (χ3n) is 4.28. The van der Waals surface area contributed by atoms with Crippen molar-refractivity contribution in [1.82, 2.24) is 15.5 Å². The first-order valence-electron chi connectivity index (χ1n) is 9.13. The first-order chi connectivity index (χ1) is 12.1. The summed E-state index contributed by atoms with van der Waals surface area (Å²) >= 11 is 5.91. The summed E-state index contributed by atoms with van der Waals surface area (Å²) in [6.45, 7) is 9.20. The number of guanidine groups is 1. The Morgan fingerprint density at radius 1 is 1.15 bits per heavy atom. The molecule has 0 radical (unpaired) electrons. The van der Waals surface area contributed by atoms with Gasteiger partial charge in [-0.1, -0.05) is 23.7 Å². The fraction of sp³-hybridized carbons (Fsp3) is 0.632. The molecule has 1 aromatic rings. The normalized spacial score (nSPS) is 21.2. The third-order valence-corrected chi connectivity index (χ3v) is 4.53. The van der Waals surface area contributed by atoms with Crippen LogP contribution in [-0.2, 0) is 11.2 Å². The Hall–Kier alpha value is -0.570. The molecule has 0 aliphatic carbocycles. The SMILES string of the molecule is CN=C(NCCCN1CC(C)OC(C)C1)NCCc1ccc(Cl)cc1.I. The summed E-state index contributed by atoms with van der Waals surface area (Å²) in [5.41, 5.74) is 1.27. The molecular formula is C19H32ClIN4O. The van der Waals surface area contributed by atoms with Gasteiger partial charge in [0.2, 0.25) is 0 Å². The van der Waals surface area contributed by atoms with E-state index in [4.69, 9.17) is 16.3 Å². The Morgan fingerprint density at radius 3 is 2.38 bits per heavy atom. The van der Waals surface area contributed by atoms with Crippen molar-refractivity contribution in [3.63, 3.8) is 0 Å². The molecule has 1 aliphatic heterocycles. The van der Waals surface area contributed by atoms with Gasteiger partial charge in [-0.2, -0.15) is 0 Å². The number of nitrogens with zero attached hydrogens (tertiary/aromatic N) is 2. The standard InChI is InChI=1S/C19H31ClN4O.HI/c1-15-13-24(14-16(2)25-15)12-4-10-22-19(21-3)23-11-9-17-5-7-18(20)8-6-17;/h5-8,15-16H,4,9-14H2,1-3H3,(H2,21,22,23);1H. The van der Waals surface area contributed by atoms with Crippen LogP contribution in [0.15, 0.2) is 29.3 Å². The maximum atomic E-state index is 5.91. The van der Waals surface area contributed by atoms with E-state index in [9.17, 15) is 0 Å². The van der Waals surface area contributed by atoms with Crippen molar-refractivity contribution in [3.8, 4) is 0 Å². The molecule has 26 heavy (non-hydrogen) atoms. The van der Waals surface area contributed by atoms with Crippen molar-refractivity contribution < 1.29 is 4.74 Å². The van der Waals surface area contributed by atoms with Crippen LogP contribution >= 0.6 is 35.6 Å². The first-order valence-corrected chi connectivity index (χ1v) is 9.51. The van der Waals surface area contributed by atoms with Crippen LogP contribution in [-0.4, -0.2) is 62.8 Å². The van der Waals surface area contributed by atoms with E-state index in [1.807, 2.05) is 19.2 Å². The molecule has 7 heteroatoms. The second-order valence-corrected chi connectivity index (χ2v) is 7.11. The topological polar surface area (TPSA) is 48.9 Å². The van der Waals surface area contributed by atoms with Gasteiger partial charge in [0.1, 0.15) is 0 Å². The Morgan fingerprint density at radius 2 is 1.77 bits per heavy atom. The summed E-state index contributed by atoms with van der Waals surface area (Å²) in [7, 11) is 1.81. The van der Waals surface area contributed by atoms with Crippen molar-refractivity contribution in [2.24, 2.45) is 4.99 Å². The van der Waals surface area contributed by atoms with Crippen molar-refractivity contribution in [3.05, 3.63) is 34.9 Å². The molecule has 0 saturated carbocycles. The molecular weight excluding hydrogens is 463 g/mol. The highest BCUT2D eigenvalue weighted by molar-refractivity contribution is 14.0. The van der Waals surface area contributed by atoms with Crippen LogP contribution in [0.2, 0.25) is 5.02 Å². The van der Waals surface area contributed by atoms with E-state index < -0.39 is 0 Å². The molecule has 2 N–H and O–H groups in total. The van der Waals surface area contributed by atoms with Crippen LogP contribution in [0.25, 0.3) is 0 Å². The van der Waals surface area contributed by atoms with Crippen LogP contribution in [0.5, 0.6) is 0 Å². The van der Waals surface area contributed by atoms with Crippen molar-refractivity contribution in [1.29, 1.82) is 0 Å². The minimum atomic E-state index is 0. The summed E-state index contributed by atoms with van der Waals surface area (Å²) < 4.78 is 5.77. The average Bonchev–Trinajstić information content (AvgIpc) is 2.58. The van der Waals surface area contributed by atoms with Crippen LogP contribution < -0.4 is 10.6 Å². The number of halogens is 2. The molecule has 1 saturated heterocycles. The predicted octanol–water partition coefficient (Wildman–Crippen LogP) is 3.16. The maximum Gasteiger partial charge on any atom is 0.190 e. The van der Waals surface area contributed by atoms with E-state index in [0.717, 1.165) is 56.5 Å². The van der Waals surface area contributed by atoms with Gasteiger partial charge in [0.25, 0.3) is 0 Å². The number of ether oxygens (including phenoxy) is 1. The Bertz CT molecular complexity index is 531. The lowest BCUT2D eigenvalue weighted by Crippen LogP contribution is -2.46. The number of rotatable bonds is 7. The number of hydrogen-bond donors (Lipinski definition) is 2. The summed E-state index contributed by atoms with van der Waals surface area (Å²) in [4.78, 5) is 6.76. The van der Waals surface area contributed by atoms with Gasteiger partial charge in [-0.05, 0) is 44.4 Å². The molecule has 1 aromatic carbocycles. The summed E-state index contributed by atoms with van der Waals surface area (Å²) in [5.74, 6) is 0.859. The smallest absolute Gasteiger partial charge is 0.190 e. The molecule has 1 fully saturated rings. The number of morpholine rings is 1. The van der Waals surface area contributed by atoms with E-state index in [1.165, 1.54) is 5.56 Å². The quantitative estimate of drug-likeness (QED) is 0.265. The Labute approximate surface area is 179 Å². The number of aliphatic imine (C=N–C) groups is 1. The fourth-order valence-electron chi connectivity index (χ4n) is 3.17. The van der Waals surface area contributed by atoms with E-state index in [2.05, 4.69) is 46.5 Å². The first kappa shape index (κ1) is 23.5. The number of nitrogens with one attached hydrogen (secondary N) is 2. The second-order valence-electron chi connectivity index (χ2n) is 6.67. The van der Waals surface area contributed by atoms with E-state index in [-0.39, 0.29) is 24.0 Å². The zero-order chi connectivity index (χ0) is 18.1. The molecule has 2 unspecified atom stereocenters. The highest BCUT2D eigenvalue weighted by Gasteiger charge is 2.21. The minimum absolute atomic E-state index is 0. The number of benzene rings is 1. The lowest BCUT2D eigenvalue weighted by Gasteiger charge is -2.35. The molecule has 1 aliphatic rings. The monoisotopic (exact) mass is 494 g/mol. The van der Waals surface area contributed by atoms with Crippen molar-refractivity contribution in [2.75, 3.05) is 39.8 Å². The van der Waals surface area contributed by atoms with Gasteiger partial charge in [-0.25, -0.2) is 0 Å². The lowest BCUT2D eigenvalue weighted by atomic mass is 10.1. The van der Waals surface area contributed by atoms with Gasteiger partial charge < -0.3 is 15.4 Å². The molecule has 148 valence electrons. The zero-order valence-corrected chi connectivity index (χ0v) is 19.1. The van der Waals surface area contributed by atoms with Crippen LogP contribution in [0.4, 0.5) is 0 Å². The second kappa shape index (κ2) is 12.8.